The van der Waals surface area contributed by atoms with Crippen LogP contribution in [0.5, 0.6) is 0 Å². The van der Waals surface area contributed by atoms with Gasteiger partial charge in [-0.1, -0.05) is 39.7 Å². The molecule has 2 aromatic carbocycles. The first-order chi connectivity index (χ1) is 9.02. The second kappa shape index (κ2) is 5.99. The Kier molecular flexibility index (Phi) is 4.55. The molecule has 0 amide bonds. The van der Waals surface area contributed by atoms with Crippen molar-refractivity contribution < 1.29 is 8.78 Å². The Morgan fingerprint density at radius 3 is 2.47 bits per heavy atom. The topological polar surface area (TPSA) is 12.0 Å². The maximum atomic E-state index is 13.4. The van der Waals surface area contributed by atoms with Gasteiger partial charge in [0.05, 0.1) is 6.04 Å². The van der Waals surface area contributed by atoms with E-state index in [0.29, 0.717) is 5.56 Å². The Morgan fingerprint density at radius 1 is 1.16 bits per heavy atom. The van der Waals surface area contributed by atoms with Crippen molar-refractivity contribution >= 4 is 27.5 Å². The quantitative estimate of drug-likeness (QED) is 0.795. The molecule has 0 radical (unpaired) electrons. The Labute approximate surface area is 123 Å². The minimum absolute atomic E-state index is 0.193. The van der Waals surface area contributed by atoms with Crippen LogP contribution in [0.3, 0.4) is 0 Å². The molecule has 1 atom stereocenters. The minimum Gasteiger partial charge on any atom is -0.309 e. The standard InChI is InChI=1S/C14H11BrClF2N/c1-19-14(8-3-2-4-9(15)5-8)10-6-12(17)13(18)7-11(10)16/h2-7,14,19H,1H3. The van der Waals surface area contributed by atoms with Crippen molar-refractivity contribution in [1.29, 1.82) is 0 Å². The first-order valence-corrected chi connectivity index (χ1v) is 6.77. The van der Waals surface area contributed by atoms with Crippen LogP contribution in [0.1, 0.15) is 17.2 Å². The molecule has 0 aromatic heterocycles. The van der Waals surface area contributed by atoms with Gasteiger partial charge in [0.25, 0.3) is 0 Å². The van der Waals surface area contributed by atoms with Crippen molar-refractivity contribution in [2.75, 3.05) is 7.05 Å². The molecule has 0 aliphatic rings. The number of rotatable bonds is 3. The second-order valence-electron chi connectivity index (χ2n) is 4.06. The van der Waals surface area contributed by atoms with Crippen LogP contribution >= 0.6 is 27.5 Å². The molecule has 1 nitrogen and oxygen atoms in total. The summed E-state index contributed by atoms with van der Waals surface area (Å²) in [4.78, 5) is 0. The zero-order valence-electron chi connectivity index (χ0n) is 10.1. The highest BCUT2D eigenvalue weighted by molar-refractivity contribution is 9.10. The van der Waals surface area contributed by atoms with Crippen molar-refractivity contribution in [3.63, 3.8) is 0 Å². The SMILES string of the molecule is CNC(c1cccc(Br)c1)c1cc(F)c(F)cc1Cl. The fourth-order valence-electron chi connectivity index (χ4n) is 1.95. The highest BCUT2D eigenvalue weighted by atomic mass is 79.9. The van der Waals surface area contributed by atoms with Crippen LogP contribution in [-0.4, -0.2) is 7.05 Å². The fourth-order valence-corrected chi connectivity index (χ4v) is 2.62. The third-order valence-electron chi connectivity index (χ3n) is 2.82. The van der Waals surface area contributed by atoms with Crippen molar-refractivity contribution in [2.24, 2.45) is 0 Å². The highest BCUT2D eigenvalue weighted by Crippen LogP contribution is 2.31. The second-order valence-corrected chi connectivity index (χ2v) is 5.39. The van der Waals surface area contributed by atoms with Gasteiger partial charge < -0.3 is 5.32 Å². The molecule has 0 aliphatic heterocycles. The van der Waals surface area contributed by atoms with Crippen molar-refractivity contribution in [2.45, 2.75) is 6.04 Å². The van der Waals surface area contributed by atoms with Gasteiger partial charge in [0.1, 0.15) is 0 Å². The number of halogens is 4. The van der Waals surface area contributed by atoms with E-state index in [1.807, 2.05) is 24.3 Å². The number of benzene rings is 2. The minimum atomic E-state index is -0.946. The smallest absolute Gasteiger partial charge is 0.160 e. The van der Waals surface area contributed by atoms with Crippen LogP contribution in [0, 0.1) is 11.6 Å². The lowest BCUT2D eigenvalue weighted by Crippen LogP contribution is -2.18. The lowest BCUT2D eigenvalue weighted by molar-refractivity contribution is 0.505. The molecule has 19 heavy (non-hydrogen) atoms. The molecule has 1 N–H and O–H groups in total. The third-order valence-corrected chi connectivity index (χ3v) is 3.64. The fraction of sp³-hybridized carbons (Fsp3) is 0.143. The molecule has 5 heteroatoms. The molecule has 0 fully saturated rings. The molecule has 0 bridgehead atoms. The lowest BCUT2D eigenvalue weighted by atomic mass is 9.98. The van der Waals surface area contributed by atoms with Crippen LogP contribution in [-0.2, 0) is 0 Å². The molecule has 0 saturated heterocycles. The first kappa shape index (κ1) is 14.4. The molecular weight excluding hydrogens is 336 g/mol. The summed E-state index contributed by atoms with van der Waals surface area (Å²) in [6, 6.07) is 9.37. The summed E-state index contributed by atoms with van der Waals surface area (Å²) in [5, 5.41) is 3.25. The average molecular weight is 347 g/mol. The van der Waals surface area contributed by atoms with Crippen LogP contribution in [0.15, 0.2) is 40.9 Å². The van der Waals surface area contributed by atoms with E-state index in [4.69, 9.17) is 11.6 Å². The average Bonchev–Trinajstić information content (AvgIpc) is 2.36. The van der Waals surface area contributed by atoms with Gasteiger partial charge in [-0.15, -0.1) is 0 Å². The van der Waals surface area contributed by atoms with E-state index in [9.17, 15) is 8.78 Å². The number of nitrogens with one attached hydrogen (secondary N) is 1. The van der Waals surface area contributed by atoms with Crippen LogP contribution in [0.4, 0.5) is 8.78 Å². The molecular formula is C14H11BrClF2N. The first-order valence-electron chi connectivity index (χ1n) is 5.60. The van der Waals surface area contributed by atoms with E-state index in [1.54, 1.807) is 7.05 Å². The maximum Gasteiger partial charge on any atom is 0.160 e. The molecule has 2 rings (SSSR count). The molecule has 0 saturated carbocycles. The number of hydrogen-bond acceptors (Lipinski definition) is 1. The lowest BCUT2D eigenvalue weighted by Gasteiger charge is -2.19. The third kappa shape index (κ3) is 3.14. The van der Waals surface area contributed by atoms with Gasteiger partial charge in [-0.2, -0.15) is 0 Å². The summed E-state index contributed by atoms with van der Waals surface area (Å²) >= 11 is 9.39. The molecule has 0 spiro atoms. The summed E-state index contributed by atoms with van der Waals surface area (Å²) in [6.45, 7) is 0. The van der Waals surface area contributed by atoms with Gasteiger partial charge in [-0.3, -0.25) is 0 Å². The maximum absolute atomic E-state index is 13.4. The van der Waals surface area contributed by atoms with Crippen molar-refractivity contribution in [3.05, 3.63) is 68.7 Å². The predicted octanol–water partition coefficient (Wildman–Crippen LogP) is 4.69. The molecule has 2 aromatic rings. The summed E-state index contributed by atoms with van der Waals surface area (Å²) in [5.74, 6) is -1.85. The van der Waals surface area contributed by atoms with E-state index < -0.39 is 11.6 Å². The molecule has 0 aliphatic carbocycles. The zero-order valence-corrected chi connectivity index (χ0v) is 12.4. The van der Waals surface area contributed by atoms with Crippen molar-refractivity contribution in [1.82, 2.24) is 5.32 Å². The Bertz CT molecular complexity index is 604. The number of hydrogen-bond donors (Lipinski definition) is 1. The van der Waals surface area contributed by atoms with Crippen LogP contribution < -0.4 is 5.32 Å². The van der Waals surface area contributed by atoms with E-state index in [-0.39, 0.29) is 11.1 Å². The Morgan fingerprint density at radius 2 is 1.84 bits per heavy atom. The summed E-state index contributed by atoms with van der Waals surface area (Å²) in [6.07, 6.45) is 0. The monoisotopic (exact) mass is 345 g/mol. The van der Waals surface area contributed by atoms with Gasteiger partial charge in [0.2, 0.25) is 0 Å². The van der Waals surface area contributed by atoms with Gasteiger partial charge >= 0.3 is 0 Å². The van der Waals surface area contributed by atoms with Crippen LogP contribution in [0.2, 0.25) is 5.02 Å². The Hall–Kier alpha value is -0.970. The predicted molar refractivity (Wildman–Crippen MR) is 76.4 cm³/mol. The van der Waals surface area contributed by atoms with Crippen LogP contribution in [0.25, 0.3) is 0 Å². The summed E-state index contributed by atoms with van der Waals surface area (Å²) in [5.41, 5.74) is 1.41. The highest BCUT2D eigenvalue weighted by Gasteiger charge is 2.18. The van der Waals surface area contributed by atoms with Gasteiger partial charge in [-0.25, -0.2) is 8.78 Å². The van der Waals surface area contributed by atoms with Gasteiger partial charge in [0.15, 0.2) is 11.6 Å². The summed E-state index contributed by atoms with van der Waals surface area (Å²) in [7, 11) is 1.74. The Balaban J connectivity index is 2.51. The van der Waals surface area contributed by atoms with E-state index >= 15 is 0 Å². The molecule has 0 heterocycles. The normalized spacial score (nSPS) is 12.5. The largest absolute Gasteiger partial charge is 0.309 e. The molecule has 1 unspecified atom stereocenters. The van der Waals surface area contributed by atoms with Gasteiger partial charge in [0, 0.05) is 9.50 Å². The molecule has 100 valence electrons. The van der Waals surface area contributed by atoms with Gasteiger partial charge in [-0.05, 0) is 42.4 Å². The van der Waals surface area contributed by atoms with Crippen molar-refractivity contribution in [3.8, 4) is 0 Å². The zero-order chi connectivity index (χ0) is 14.0. The van der Waals surface area contributed by atoms with E-state index in [1.165, 1.54) is 0 Å². The van der Waals surface area contributed by atoms with E-state index in [2.05, 4.69) is 21.2 Å². The van der Waals surface area contributed by atoms with E-state index in [0.717, 1.165) is 22.2 Å². The summed E-state index contributed by atoms with van der Waals surface area (Å²) < 4.78 is 27.4.